The van der Waals surface area contributed by atoms with Crippen LogP contribution in [0.25, 0.3) is 0 Å². The van der Waals surface area contributed by atoms with Gasteiger partial charge in [-0.2, -0.15) is 11.8 Å². The summed E-state index contributed by atoms with van der Waals surface area (Å²) in [5, 5.41) is 58.0. The zero-order chi connectivity index (χ0) is 78.0. The van der Waals surface area contributed by atoms with E-state index in [1.807, 2.05) is 10.6 Å². The molecule has 0 saturated heterocycles. The molecule has 26 N–H and O–H groups in total. The number of carbonyl (C=O) groups is 16. The van der Waals surface area contributed by atoms with Gasteiger partial charge in [0.25, 0.3) is 0 Å². The number of carbonyl (C=O) groups excluding carboxylic acids is 14. The standard InChI is InChI=1S/C63H100N20O19S/c1-29(2)20-39(55(94)75-38(17-19-103-9)53(92)83-50(33(8)84)61(100)80-41(23-44(65)85)57(96)79-43(25-47(88)89)54(93)73-32(7)62(101)102)77-56(95)40(22-35-26-69-28-72-35)74-46(87)27-71-59(98)48(30(3)4)82-58(97)42(24-45(66)86)78-52(91)37(16-13-18-70-63(67)68)76-60(99)49(31(5)6)81-51(90)36(64)21-34-14-11-10-12-15-34/h10-12,14-15,26,28-33,36-43,48-50,84H,13,16-25,27,64H2,1-9H3,(H2,65,85)(H2,66,86)(H,69,72)(H,71,98)(H,73,93)(H,74,87)(H,75,94)(H,76,99)(H,77,95)(H,78,91)(H,79,96)(H,80,100)(H,81,90)(H,82,97)(H,83,92)(H,88,89)(H,101,102)(H4,67,68,70)/t32-,33+,36-,37-,38-,39-,40-,41-,42-,43-,48-,49-,50-/m0/s1. The first-order chi connectivity index (χ1) is 48.2. The molecule has 0 aliphatic carbocycles. The van der Waals surface area contributed by atoms with Crippen LogP contribution in [0.4, 0.5) is 0 Å². The molecule has 0 spiro atoms. The number of aromatic nitrogens is 2. The number of hydrogen-bond donors (Lipinski definition) is 21. The van der Waals surface area contributed by atoms with Crippen LogP contribution < -0.4 is 92.5 Å². The van der Waals surface area contributed by atoms with Crippen LogP contribution in [-0.4, -0.2) is 230 Å². The largest absolute Gasteiger partial charge is 0.481 e. The molecule has 1 aromatic heterocycles. The average Bonchev–Trinajstić information content (AvgIpc) is 1.88. The van der Waals surface area contributed by atoms with Gasteiger partial charge in [0, 0.05) is 24.9 Å². The minimum absolute atomic E-state index is 0.00645. The number of nitrogens with zero attached hydrogens (tertiary/aromatic N) is 2. The molecule has 1 aromatic carbocycles. The summed E-state index contributed by atoms with van der Waals surface area (Å²) in [6, 6.07) is -9.99. The number of amides is 14. The molecule has 2 rings (SSSR count). The zero-order valence-corrected chi connectivity index (χ0v) is 59.6. The van der Waals surface area contributed by atoms with Crippen molar-refractivity contribution in [3.63, 3.8) is 0 Å². The van der Waals surface area contributed by atoms with Crippen molar-refractivity contribution in [2.75, 3.05) is 25.1 Å². The Morgan fingerprint density at radius 1 is 0.524 bits per heavy atom. The van der Waals surface area contributed by atoms with Crippen molar-refractivity contribution in [2.24, 2.45) is 51.4 Å². The Kier molecular flexibility index (Phi) is 38.4. The lowest BCUT2D eigenvalue weighted by atomic mass is 10.00. The van der Waals surface area contributed by atoms with Gasteiger partial charge in [-0.25, -0.2) is 4.98 Å². The lowest BCUT2D eigenvalue weighted by Gasteiger charge is -2.29. The molecule has 0 saturated carbocycles. The minimum Gasteiger partial charge on any atom is -0.481 e. The number of nitrogens with two attached hydrogens (primary N) is 5. The Bertz CT molecular complexity index is 3280. The summed E-state index contributed by atoms with van der Waals surface area (Å²) >= 11 is 1.24. The van der Waals surface area contributed by atoms with E-state index in [2.05, 4.69) is 68.1 Å². The lowest BCUT2D eigenvalue weighted by molar-refractivity contribution is -0.143. The molecule has 0 fully saturated rings. The first kappa shape index (κ1) is 88.6. The fraction of sp³-hybridized carbons (Fsp3) is 0.587. The number of aliphatic carboxylic acids is 2. The molecule has 1 heterocycles. The highest BCUT2D eigenvalue weighted by Gasteiger charge is 2.39. The number of aromatic amines is 1. The van der Waals surface area contributed by atoms with E-state index in [1.165, 1.54) is 38.1 Å². The third-order valence-electron chi connectivity index (χ3n) is 15.2. The van der Waals surface area contributed by atoms with Gasteiger partial charge in [-0.3, -0.25) is 81.7 Å². The second-order valence-corrected chi connectivity index (χ2v) is 26.3. The van der Waals surface area contributed by atoms with E-state index in [0.717, 1.165) is 19.4 Å². The van der Waals surface area contributed by atoms with Crippen LogP contribution in [0, 0.1) is 17.8 Å². The van der Waals surface area contributed by atoms with Gasteiger partial charge in [0.2, 0.25) is 82.7 Å². The molecular weight excluding hydrogens is 1370 g/mol. The normalized spacial score (nSPS) is 14.9. The number of aliphatic hydroxyl groups excluding tert-OH is 1. The van der Waals surface area contributed by atoms with E-state index in [0.29, 0.717) is 5.69 Å². The summed E-state index contributed by atoms with van der Waals surface area (Å²) in [6.07, 6.45) is -0.767. The lowest BCUT2D eigenvalue weighted by Crippen LogP contribution is -2.62. The van der Waals surface area contributed by atoms with Crippen LogP contribution in [0.15, 0.2) is 47.8 Å². The topological polar surface area (TPSA) is 649 Å². The zero-order valence-electron chi connectivity index (χ0n) is 58.8. The Labute approximate surface area is 598 Å². The van der Waals surface area contributed by atoms with Crippen molar-refractivity contribution in [1.82, 2.24) is 73.8 Å². The van der Waals surface area contributed by atoms with Gasteiger partial charge in [0.15, 0.2) is 5.96 Å². The SMILES string of the molecule is CSCC[C@H](NC(=O)[C@H](CC(C)C)NC(=O)[C@H](Cc1cnc[nH]1)NC(=O)CNC(=O)[C@@H](NC(=O)[C@H](CC(N)=O)NC(=O)[C@H](CCCN=C(N)N)NC(=O)[C@@H](NC(=O)[C@@H](N)Cc1ccccc1)C(C)C)C(C)C)C(=O)N[C@H](C(=O)N[C@@H](CC(N)=O)C(=O)N[C@@H](CC(=O)O)C(=O)N[C@@H](C)C(=O)O)[C@@H](C)O. The molecular formula is C63H100N20O19S. The maximum atomic E-state index is 14.4. The number of nitrogens with one attached hydrogen (secondary N) is 13. The summed E-state index contributed by atoms with van der Waals surface area (Å²) in [5.74, 6) is -19.5. The molecule has 103 heavy (non-hydrogen) atoms. The molecule has 0 unspecified atom stereocenters. The number of aliphatic hydroxyl groups is 1. The van der Waals surface area contributed by atoms with Crippen LogP contribution in [0.5, 0.6) is 0 Å². The number of primary amides is 2. The first-order valence-corrected chi connectivity index (χ1v) is 34.3. The molecule has 0 radical (unpaired) electrons. The number of thioether (sulfide) groups is 1. The maximum absolute atomic E-state index is 14.4. The number of carboxylic acids is 2. The Balaban J connectivity index is 2.37. The van der Waals surface area contributed by atoms with E-state index in [9.17, 15) is 92.0 Å². The van der Waals surface area contributed by atoms with E-state index >= 15 is 0 Å². The van der Waals surface area contributed by atoms with Crippen molar-refractivity contribution < 1.29 is 92.0 Å². The fourth-order valence-corrected chi connectivity index (χ4v) is 10.2. The summed E-state index contributed by atoms with van der Waals surface area (Å²) in [5.41, 5.74) is 29.1. The number of imidazole rings is 1. The first-order valence-electron chi connectivity index (χ1n) is 32.9. The predicted molar refractivity (Wildman–Crippen MR) is 372 cm³/mol. The summed E-state index contributed by atoms with van der Waals surface area (Å²) in [7, 11) is 0. The summed E-state index contributed by atoms with van der Waals surface area (Å²) in [6.45, 7) is 11.0. The molecule has 0 aliphatic rings. The monoisotopic (exact) mass is 1470 g/mol. The van der Waals surface area contributed by atoms with E-state index in [-0.39, 0.29) is 62.7 Å². The quantitative estimate of drug-likeness (QED) is 0.0166. The molecule has 0 bridgehead atoms. The van der Waals surface area contributed by atoms with Crippen molar-refractivity contribution in [3.05, 3.63) is 54.1 Å². The fourth-order valence-electron chi connectivity index (χ4n) is 9.72. The van der Waals surface area contributed by atoms with Gasteiger partial charge in [0.05, 0.1) is 44.3 Å². The highest BCUT2D eigenvalue weighted by atomic mass is 32.2. The number of carboxylic acid groups (broad SMARTS) is 2. The van der Waals surface area contributed by atoms with Crippen LogP contribution >= 0.6 is 11.8 Å². The molecule has 0 aliphatic heterocycles. The van der Waals surface area contributed by atoms with Crippen molar-refractivity contribution >= 4 is 112 Å². The van der Waals surface area contributed by atoms with Gasteiger partial charge < -0.3 is 113 Å². The third-order valence-corrected chi connectivity index (χ3v) is 15.9. The van der Waals surface area contributed by atoms with Gasteiger partial charge >= 0.3 is 11.9 Å². The Morgan fingerprint density at radius 2 is 0.981 bits per heavy atom. The maximum Gasteiger partial charge on any atom is 0.325 e. The van der Waals surface area contributed by atoms with Crippen LogP contribution in [0.1, 0.15) is 112 Å². The predicted octanol–water partition coefficient (Wildman–Crippen LogP) is -7.15. The number of rotatable bonds is 47. The summed E-state index contributed by atoms with van der Waals surface area (Å²) < 4.78 is 0. The van der Waals surface area contributed by atoms with E-state index in [4.69, 9.17) is 28.7 Å². The van der Waals surface area contributed by atoms with Gasteiger partial charge in [0.1, 0.15) is 66.5 Å². The van der Waals surface area contributed by atoms with Crippen LogP contribution in [0.2, 0.25) is 0 Å². The highest BCUT2D eigenvalue weighted by molar-refractivity contribution is 7.98. The number of benzene rings is 1. The van der Waals surface area contributed by atoms with Crippen molar-refractivity contribution in [3.8, 4) is 0 Å². The van der Waals surface area contributed by atoms with Crippen LogP contribution in [0.3, 0.4) is 0 Å². The second-order valence-electron chi connectivity index (χ2n) is 25.3. The van der Waals surface area contributed by atoms with Crippen LogP contribution in [-0.2, 0) is 89.6 Å². The highest BCUT2D eigenvalue weighted by Crippen LogP contribution is 2.13. The molecule has 39 nitrogen and oxygen atoms in total. The molecule has 2 aromatic rings. The molecule has 40 heteroatoms. The Hall–Kier alpha value is -10.5. The third kappa shape index (κ3) is 33.2. The van der Waals surface area contributed by atoms with E-state index < -0.39 is 211 Å². The summed E-state index contributed by atoms with van der Waals surface area (Å²) in [4.78, 5) is 224. The second kappa shape index (κ2) is 44.7. The van der Waals surface area contributed by atoms with Crippen molar-refractivity contribution in [1.29, 1.82) is 0 Å². The van der Waals surface area contributed by atoms with Gasteiger partial charge in [-0.05, 0) is 81.3 Å². The van der Waals surface area contributed by atoms with Crippen molar-refractivity contribution in [2.45, 2.75) is 192 Å². The molecule has 13 atom stereocenters. The number of guanidine groups is 1. The molecule has 14 amide bonds. The number of aliphatic imine (C=N–C) groups is 1. The minimum atomic E-state index is -1.98. The van der Waals surface area contributed by atoms with Gasteiger partial charge in [-0.1, -0.05) is 71.9 Å². The smallest absolute Gasteiger partial charge is 0.325 e. The average molecular weight is 1470 g/mol. The van der Waals surface area contributed by atoms with E-state index in [1.54, 1.807) is 64.3 Å². The number of hydrogen-bond acceptors (Lipinski definition) is 21. The van der Waals surface area contributed by atoms with Gasteiger partial charge in [-0.15, -0.1) is 0 Å². The number of H-pyrrole nitrogens is 1. The molecule has 572 valence electrons. The Morgan fingerprint density at radius 3 is 1.50 bits per heavy atom.